The highest BCUT2D eigenvalue weighted by atomic mass is 16.5. The van der Waals surface area contributed by atoms with Crippen LogP contribution in [0.4, 0.5) is 0 Å². The van der Waals surface area contributed by atoms with Crippen molar-refractivity contribution >= 4 is 11.8 Å². The summed E-state index contributed by atoms with van der Waals surface area (Å²) in [6, 6.07) is 16.2. The van der Waals surface area contributed by atoms with Crippen molar-refractivity contribution < 1.29 is 14.3 Å². The molecule has 0 spiro atoms. The number of ether oxygens (including phenoxy) is 1. The number of rotatable bonds is 11. The fourth-order valence-electron chi connectivity index (χ4n) is 3.31. The monoisotopic (exact) mass is 410 g/mol. The van der Waals surface area contributed by atoms with Crippen molar-refractivity contribution in [2.75, 3.05) is 13.2 Å². The van der Waals surface area contributed by atoms with E-state index in [4.69, 9.17) is 4.74 Å². The van der Waals surface area contributed by atoms with Gasteiger partial charge in [-0.1, -0.05) is 62.7 Å². The van der Waals surface area contributed by atoms with Crippen molar-refractivity contribution in [1.29, 1.82) is 0 Å². The molecule has 2 N–H and O–H groups in total. The molecule has 30 heavy (non-hydrogen) atoms. The van der Waals surface area contributed by atoms with Gasteiger partial charge in [-0.3, -0.25) is 9.59 Å². The van der Waals surface area contributed by atoms with Crippen LogP contribution < -0.4 is 15.4 Å². The molecule has 0 radical (unpaired) electrons. The highest BCUT2D eigenvalue weighted by molar-refractivity contribution is 5.91. The number of likely N-dealkylation sites (N-methyl/N-ethyl adjacent to an activating group) is 1. The highest BCUT2D eigenvalue weighted by Gasteiger charge is 2.25. The van der Waals surface area contributed by atoms with E-state index in [9.17, 15) is 9.59 Å². The fourth-order valence-corrected chi connectivity index (χ4v) is 3.31. The molecule has 0 aliphatic heterocycles. The van der Waals surface area contributed by atoms with Gasteiger partial charge in [0.15, 0.2) is 0 Å². The molecule has 3 atom stereocenters. The molecule has 0 bridgehead atoms. The van der Waals surface area contributed by atoms with Gasteiger partial charge in [-0.2, -0.15) is 0 Å². The van der Waals surface area contributed by atoms with E-state index in [1.165, 1.54) is 0 Å². The third-order valence-corrected chi connectivity index (χ3v) is 5.12. The molecule has 5 nitrogen and oxygen atoms in total. The van der Waals surface area contributed by atoms with Crippen molar-refractivity contribution in [3.05, 3.63) is 65.7 Å². The molecule has 0 fully saturated rings. The van der Waals surface area contributed by atoms with Gasteiger partial charge < -0.3 is 15.4 Å². The van der Waals surface area contributed by atoms with Gasteiger partial charge in [0.1, 0.15) is 11.8 Å². The molecule has 0 saturated heterocycles. The molecule has 0 aliphatic carbocycles. The zero-order valence-corrected chi connectivity index (χ0v) is 18.5. The summed E-state index contributed by atoms with van der Waals surface area (Å²) in [7, 11) is 0. The third-order valence-electron chi connectivity index (χ3n) is 5.12. The van der Waals surface area contributed by atoms with Crippen molar-refractivity contribution in [2.24, 2.45) is 5.92 Å². The fraction of sp³-hybridized carbons (Fsp3) is 0.440. The van der Waals surface area contributed by atoms with E-state index in [1.807, 2.05) is 68.4 Å². The summed E-state index contributed by atoms with van der Waals surface area (Å²) >= 11 is 0. The lowest BCUT2D eigenvalue weighted by Crippen LogP contribution is -2.41. The summed E-state index contributed by atoms with van der Waals surface area (Å²) in [4.78, 5) is 25.5. The average Bonchev–Trinajstić information content (AvgIpc) is 2.76. The smallest absolute Gasteiger partial charge is 0.247 e. The SMILES string of the molecule is CCCC(C)COc1ccc([C@@H](NC(=O)[C@@H](C)c2ccccc2)C(=O)NCC)cc1. The summed E-state index contributed by atoms with van der Waals surface area (Å²) in [5.41, 5.74) is 1.64. The van der Waals surface area contributed by atoms with E-state index in [1.54, 1.807) is 0 Å². The van der Waals surface area contributed by atoms with Gasteiger partial charge in [0.2, 0.25) is 11.8 Å². The van der Waals surface area contributed by atoms with Crippen molar-refractivity contribution in [1.82, 2.24) is 10.6 Å². The topological polar surface area (TPSA) is 67.4 Å². The molecule has 162 valence electrons. The Hall–Kier alpha value is -2.82. The Morgan fingerprint density at radius 2 is 1.57 bits per heavy atom. The second kappa shape index (κ2) is 12.0. The predicted molar refractivity (Wildman–Crippen MR) is 120 cm³/mol. The second-order valence-corrected chi connectivity index (χ2v) is 7.74. The van der Waals surface area contributed by atoms with Crippen LogP contribution >= 0.6 is 0 Å². The Bertz CT molecular complexity index is 790. The first-order valence-electron chi connectivity index (χ1n) is 10.8. The number of hydrogen-bond acceptors (Lipinski definition) is 3. The lowest BCUT2D eigenvalue weighted by atomic mass is 9.99. The number of benzene rings is 2. The molecule has 1 unspecified atom stereocenters. The summed E-state index contributed by atoms with van der Waals surface area (Å²) in [5, 5.41) is 5.72. The molecule has 0 saturated carbocycles. The zero-order chi connectivity index (χ0) is 21.9. The van der Waals surface area contributed by atoms with Crippen LogP contribution in [0.2, 0.25) is 0 Å². The second-order valence-electron chi connectivity index (χ2n) is 7.74. The first-order chi connectivity index (χ1) is 14.5. The van der Waals surface area contributed by atoms with Crippen molar-refractivity contribution in [2.45, 2.75) is 52.5 Å². The molecule has 2 amide bonds. The summed E-state index contributed by atoms with van der Waals surface area (Å²) < 4.78 is 5.85. The number of carbonyl (C=O) groups excluding carboxylic acids is 2. The van der Waals surface area contributed by atoms with Gasteiger partial charge >= 0.3 is 0 Å². The number of nitrogens with one attached hydrogen (secondary N) is 2. The maximum Gasteiger partial charge on any atom is 0.247 e. The molecule has 2 aromatic rings. The van der Waals surface area contributed by atoms with Gasteiger partial charge in [0.05, 0.1) is 12.5 Å². The van der Waals surface area contributed by atoms with Crippen LogP contribution in [0.3, 0.4) is 0 Å². The predicted octanol–water partition coefficient (Wildman–Crippen LogP) is 4.60. The molecular formula is C25H34N2O3. The molecule has 0 heterocycles. The molecule has 5 heteroatoms. The minimum absolute atomic E-state index is 0.189. The van der Waals surface area contributed by atoms with Gasteiger partial charge in [0, 0.05) is 6.54 Å². The van der Waals surface area contributed by atoms with Crippen LogP contribution in [0.1, 0.15) is 63.6 Å². The Balaban J connectivity index is 2.10. The van der Waals surface area contributed by atoms with Crippen LogP contribution in [0, 0.1) is 5.92 Å². The van der Waals surface area contributed by atoms with Crippen molar-refractivity contribution in [3.8, 4) is 5.75 Å². The van der Waals surface area contributed by atoms with E-state index in [0.717, 1.165) is 29.7 Å². The molecular weight excluding hydrogens is 376 g/mol. The van der Waals surface area contributed by atoms with Crippen LogP contribution in [0.5, 0.6) is 5.75 Å². The zero-order valence-electron chi connectivity index (χ0n) is 18.5. The summed E-state index contributed by atoms with van der Waals surface area (Å²) in [6.45, 7) is 9.20. The van der Waals surface area contributed by atoms with Crippen LogP contribution in [-0.4, -0.2) is 25.0 Å². The molecule has 0 aromatic heterocycles. The van der Waals surface area contributed by atoms with E-state index < -0.39 is 6.04 Å². The Kier molecular flexibility index (Phi) is 9.39. The standard InChI is InChI=1S/C25H34N2O3/c1-5-10-18(3)17-30-22-15-13-21(14-16-22)23(25(29)26-6-2)27-24(28)19(4)20-11-8-7-9-12-20/h7-9,11-16,18-19,23H,5-6,10,17H2,1-4H3,(H,26,29)(H,27,28)/t18?,19-,23+/m0/s1. The van der Waals surface area contributed by atoms with Gasteiger partial charge in [-0.25, -0.2) is 0 Å². The number of carbonyl (C=O) groups is 2. The first-order valence-corrected chi connectivity index (χ1v) is 10.8. The lowest BCUT2D eigenvalue weighted by molar-refractivity contribution is -0.129. The quantitative estimate of drug-likeness (QED) is 0.569. The number of hydrogen-bond donors (Lipinski definition) is 2. The Morgan fingerprint density at radius 3 is 2.17 bits per heavy atom. The summed E-state index contributed by atoms with van der Waals surface area (Å²) in [6.07, 6.45) is 2.27. The molecule has 2 aromatic carbocycles. The maximum atomic E-state index is 12.8. The summed E-state index contributed by atoms with van der Waals surface area (Å²) in [5.74, 6) is 0.491. The van der Waals surface area contributed by atoms with E-state index in [2.05, 4.69) is 24.5 Å². The van der Waals surface area contributed by atoms with E-state index in [0.29, 0.717) is 19.1 Å². The van der Waals surface area contributed by atoms with Crippen molar-refractivity contribution in [3.63, 3.8) is 0 Å². The van der Waals surface area contributed by atoms with E-state index in [-0.39, 0.29) is 17.7 Å². The van der Waals surface area contributed by atoms with E-state index >= 15 is 0 Å². The molecule has 0 aliphatic rings. The Morgan fingerprint density at radius 1 is 0.900 bits per heavy atom. The van der Waals surface area contributed by atoms with Crippen LogP contribution in [0.25, 0.3) is 0 Å². The van der Waals surface area contributed by atoms with Gasteiger partial charge in [-0.15, -0.1) is 0 Å². The average molecular weight is 411 g/mol. The molecule has 2 rings (SSSR count). The van der Waals surface area contributed by atoms with Gasteiger partial charge in [0.25, 0.3) is 0 Å². The van der Waals surface area contributed by atoms with Crippen LogP contribution in [-0.2, 0) is 9.59 Å². The number of amides is 2. The minimum Gasteiger partial charge on any atom is -0.493 e. The Labute approximate surface area is 180 Å². The largest absolute Gasteiger partial charge is 0.493 e. The maximum absolute atomic E-state index is 12.8. The van der Waals surface area contributed by atoms with Gasteiger partial charge in [-0.05, 0) is 49.4 Å². The van der Waals surface area contributed by atoms with Crippen LogP contribution in [0.15, 0.2) is 54.6 Å². The highest BCUT2D eigenvalue weighted by Crippen LogP contribution is 2.22. The lowest BCUT2D eigenvalue weighted by Gasteiger charge is -2.21. The third kappa shape index (κ3) is 6.90. The minimum atomic E-state index is -0.753. The normalized spacial score (nSPS) is 13.7. The first kappa shape index (κ1) is 23.5.